The van der Waals surface area contributed by atoms with E-state index in [0.717, 1.165) is 39.2 Å². The van der Waals surface area contributed by atoms with Gasteiger partial charge in [-0.25, -0.2) is 0 Å². The second kappa shape index (κ2) is 9.27. The average molecular weight is 466 g/mol. The molecule has 33 heavy (non-hydrogen) atoms. The largest absolute Gasteiger partial charge is 0.380 e. The van der Waals surface area contributed by atoms with Crippen LogP contribution in [-0.2, 0) is 11.3 Å². The van der Waals surface area contributed by atoms with Crippen LogP contribution in [0.4, 0.5) is 11.4 Å². The first-order valence-electron chi connectivity index (χ1n) is 10.0. The number of carbonyl (C=O) groups is 1. The zero-order valence-corrected chi connectivity index (χ0v) is 18.3. The number of carbonyl (C=O) groups excluding carboxylic acids is 1. The topological polar surface area (TPSA) is 130 Å². The van der Waals surface area contributed by atoms with Gasteiger partial charge in [0.2, 0.25) is 0 Å². The van der Waals surface area contributed by atoms with Gasteiger partial charge in [-0.15, -0.1) is 0 Å². The molecule has 1 heterocycles. The molecule has 0 aliphatic rings. The molecule has 0 N–H and O–H groups in total. The van der Waals surface area contributed by atoms with Gasteiger partial charge in [0.1, 0.15) is 0 Å². The smallest absolute Gasteiger partial charge is 0.280 e. The minimum absolute atomic E-state index is 0.227. The molecular formula is C22H18N4O6S. The number of ether oxygens (including phenoxy) is 1. The number of fused-ring (bicyclic) bond motifs is 3. The highest BCUT2D eigenvalue weighted by Crippen LogP contribution is 2.28. The van der Waals surface area contributed by atoms with Crippen molar-refractivity contribution in [2.24, 2.45) is 4.99 Å². The van der Waals surface area contributed by atoms with Crippen molar-refractivity contribution < 1.29 is 19.4 Å². The van der Waals surface area contributed by atoms with E-state index in [-0.39, 0.29) is 5.56 Å². The maximum atomic E-state index is 12.9. The number of non-ortho nitro benzene ring substituents is 2. The van der Waals surface area contributed by atoms with Gasteiger partial charge in [0, 0.05) is 30.7 Å². The highest BCUT2D eigenvalue weighted by atomic mass is 32.1. The minimum atomic E-state index is -0.803. The van der Waals surface area contributed by atoms with E-state index in [1.54, 1.807) is 0 Å². The lowest BCUT2D eigenvalue weighted by Gasteiger charge is -2.06. The number of thiazole rings is 1. The van der Waals surface area contributed by atoms with Gasteiger partial charge in [-0.05, 0) is 18.4 Å². The summed E-state index contributed by atoms with van der Waals surface area (Å²) >= 11 is 1.31. The summed E-state index contributed by atoms with van der Waals surface area (Å²) in [5.41, 5.74) is -0.451. The third-order valence-electron chi connectivity index (χ3n) is 5.01. The van der Waals surface area contributed by atoms with Crippen LogP contribution < -0.4 is 4.80 Å². The lowest BCUT2D eigenvalue weighted by Crippen LogP contribution is -2.19. The predicted molar refractivity (Wildman–Crippen MR) is 123 cm³/mol. The molecular weight excluding hydrogens is 448 g/mol. The van der Waals surface area contributed by atoms with Crippen molar-refractivity contribution in [2.75, 3.05) is 13.2 Å². The molecule has 1 amide bonds. The molecule has 0 radical (unpaired) electrons. The van der Waals surface area contributed by atoms with Crippen LogP contribution in [-0.4, -0.2) is 33.5 Å². The maximum Gasteiger partial charge on any atom is 0.280 e. The summed E-state index contributed by atoms with van der Waals surface area (Å²) in [7, 11) is 0. The molecule has 0 saturated heterocycles. The number of nitrogens with zero attached hydrogens (tertiary/aromatic N) is 4. The first-order chi connectivity index (χ1) is 15.9. The van der Waals surface area contributed by atoms with Gasteiger partial charge in [-0.3, -0.25) is 25.0 Å². The first kappa shape index (κ1) is 22.2. The van der Waals surface area contributed by atoms with E-state index in [1.165, 1.54) is 11.3 Å². The SMILES string of the molecule is CCOCCn1c(=NC(=O)c2cc([N+](=O)[O-])cc([N+](=O)[O-])c2)sc2c3ccccc3ccc21. The summed E-state index contributed by atoms with van der Waals surface area (Å²) in [5, 5.41) is 24.4. The quantitative estimate of drug-likeness (QED) is 0.225. The van der Waals surface area contributed by atoms with Gasteiger partial charge in [0.05, 0.1) is 38.3 Å². The lowest BCUT2D eigenvalue weighted by molar-refractivity contribution is -0.394. The molecule has 168 valence electrons. The Labute approximate surface area is 190 Å². The lowest BCUT2D eigenvalue weighted by atomic mass is 10.1. The van der Waals surface area contributed by atoms with Crippen molar-refractivity contribution in [3.05, 3.63) is 85.2 Å². The molecule has 0 saturated carbocycles. The van der Waals surface area contributed by atoms with E-state index < -0.39 is 27.1 Å². The van der Waals surface area contributed by atoms with Gasteiger partial charge in [0.15, 0.2) is 4.80 Å². The third kappa shape index (κ3) is 4.49. The number of nitro groups is 2. The van der Waals surface area contributed by atoms with Crippen LogP contribution in [0, 0.1) is 20.2 Å². The van der Waals surface area contributed by atoms with Crippen molar-refractivity contribution in [3.8, 4) is 0 Å². The number of rotatable bonds is 7. The van der Waals surface area contributed by atoms with E-state index in [4.69, 9.17) is 4.74 Å². The summed E-state index contributed by atoms with van der Waals surface area (Å²) < 4.78 is 8.26. The molecule has 3 aromatic carbocycles. The summed E-state index contributed by atoms with van der Waals surface area (Å²) in [5.74, 6) is -0.803. The third-order valence-corrected chi connectivity index (χ3v) is 6.13. The Bertz CT molecular complexity index is 1440. The molecule has 11 heteroatoms. The van der Waals surface area contributed by atoms with Crippen LogP contribution in [0.1, 0.15) is 17.3 Å². The highest BCUT2D eigenvalue weighted by Gasteiger charge is 2.20. The number of amides is 1. The molecule has 0 aliphatic carbocycles. The number of benzene rings is 3. The Morgan fingerprint density at radius 1 is 1.06 bits per heavy atom. The van der Waals surface area contributed by atoms with Gasteiger partial charge in [-0.1, -0.05) is 41.7 Å². The monoisotopic (exact) mass is 466 g/mol. The normalized spacial score (nSPS) is 11.8. The Hall–Kier alpha value is -3.96. The molecule has 0 aliphatic heterocycles. The van der Waals surface area contributed by atoms with E-state index in [2.05, 4.69) is 4.99 Å². The zero-order valence-electron chi connectivity index (χ0n) is 17.5. The summed E-state index contributed by atoms with van der Waals surface area (Å²) in [4.78, 5) is 38.3. The number of aromatic nitrogens is 1. The summed E-state index contributed by atoms with van der Waals surface area (Å²) in [6, 6.07) is 14.6. The van der Waals surface area contributed by atoms with Crippen LogP contribution in [0.2, 0.25) is 0 Å². The first-order valence-corrected chi connectivity index (χ1v) is 10.8. The Morgan fingerprint density at radius 3 is 2.42 bits per heavy atom. The van der Waals surface area contributed by atoms with Crippen LogP contribution in [0.5, 0.6) is 0 Å². The molecule has 4 aromatic rings. The molecule has 0 bridgehead atoms. The van der Waals surface area contributed by atoms with Gasteiger partial charge in [-0.2, -0.15) is 4.99 Å². The van der Waals surface area contributed by atoms with Crippen LogP contribution in [0.25, 0.3) is 21.0 Å². The highest BCUT2D eigenvalue weighted by molar-refractivity contribution is 7.17. The Balaban J connectivity index is 1.89. The van der Waals surface area contributed by atoms with Crippen LogP contribution in [0.15, 0.2) is 59.6 Å². The summed E-state index contributed by atoms with van der Waals surface area (Å²) in [6.07, 6.45) is 0. The van der Waals surface area contributed by atoms with Gasteiger partial charge >= 0.3 is 0 Å². The Morgan fingerprint density at radius 2 is 1.76 bits per heavy atom. The van der Waals surface area contributed by atoms with Gasteiger partial charge in [0.25, 0.3) is 17.3 Å². The molecule has 1 aromatic heterocycles. The molecule has 0 fully saturated rings. The fourth-order valence-electron chi connectivity index (χ4n) is 3.48. The molecule has 0 atom stereocenters. The van der Waals surface area contributed by atoms with E-state index >= 15 is 0 Å². The fourth-order valence-corrected chi connectivity index (χ4v) is 4.67. The van der Waals surface area contributed by atoms with E-state index in [0.29, 0.717) is 24.6 Å². The average Bonchev–Trinajstić information content (AvgIpc) is 3.16. The minimum Gasteiger partial charge on any atom is -0.380 e. The Kier molecular flexibility index (Phi) is 6.24. The van der Waals surface area contributed by atoms with Crippen LogP contribution in [0.3, 0.4) is 0 Å². The van der Waals surface area contributed by atoms with Crippen molar-refractivity contribution in [1.29, 1.82) is 0 Å². The predicted octanol–water partition coefficient (Wildman–Crippen LogP) is 4.45. The number of nitro benzene ring substituents is 2. The zero-order chi connectivity index (χ0) is 23.5. The van der Waals surface area contributed by atoms with Crippen LogP contribution >= 0.6 is 11.3 Å². The standard InChI is InChI=1S/C22H18N4O6S/c1-2-32-10-9-24-19-8-7-14-5-3-4-6-18(14)20(19)33-22(24)23-21(27)15-11-16(25(28)29)13-17(12-15)26(30)31/h3-8,11-13H,2,9-10H2,1H3. The van der Waals surface area contributed by atoms with E-state index in [1.807, 2.05) is 47.9 Å². The second-order valence-electron chi connectivity index (χ2n) is 7.04. The number of hydrogen-bond donors (Lipinski definition) is 0. The summed E-state index contributed by atoms with van der Waals surface area (Å²) in [6.45, 7) is 3.26. The molecule has 0 unspecified atom stereocenters. The second-order valence-corrected chi connectivity index (χ2v) is 8.01. The van der Waals surface area contributed by atoms with E-state index in [9.17, 15) is 25.0 Å². The van der Waals surface area contributed by atoms with Crippen molar-refractivity contribution in [1.82, 2.24) is 4.57 Å². The van der Waals surface area contributed by atoms with Gasteiger partial charge < -0.3 is 9.30 Å². The number of hydrogen-bond acceptors (Lipinski definition) is 7. The van der Waals surface area contributed by atoms with Crippen molar-refractivity contribution >= 4 is 49.6 Å². The molecule has 10 nitrogen and oxygen atoms in total. The fraction of sp³-hybridized carbons (Fsp3) is 0.182. The van der Waals surface area contributed by atoms with Crippen molar-refractivity contribution in [2.45, 2.75) is 13.5 Å². The molecule has 0 spiro atoms. The van der Waals surface area contributed by atoms with Crippen molar-refractivity contribution in [3.63, 3.8) is 0 Å². The molecule has 4 rings (SSSR count). The maximum absolute atomic E-state index is 12.9.